The van der Waals surface area contributed by atoms with Crippen LogP contribution in [0.2, 0.25) is 0 Å². The number of aromatic hydroxyl groups is 1. The first-order valence-corrected chi connectivity index (χ1v) is 9.37. The maximum Gasteiger partial charge on any atom is 0.186 e. The molecule has 0 bridgehead atoms. The van der Waals surface area contributed by atoms with Gasteiger partial charge in [-0.3, -0.25) is 0 Å². The smallest absolute Gasteiger partial charge is 0.186 e. The van der Waals surface area contributed by atoms with Crippen LogP contribution in [0.1, 0.15) is 10.8 Å². The van der Waals surface area contributed by atoms with E-state index in [9.17, 15) is 21.9 Å². The highest BCUT2D eigenvalue weighted by Crippen LogP contribution is 2.44. The monoisotopic (exact) mass is 324 g/mol. The highest BCUT2D eigenvalue weighted by molar-refractivity contribution is 7.96. The van der Waals surface area contributed by atoms with Crippen molar-refractivity contribution in [1.29, 1.82) is 0 Å². The summed E-state index contributed by atoms with van der Waals surface area (Å²) in [5.74, 6) is -0.949. The lowest BCUT2D eigenvalue weighted by molar-refractivity contribution is 0.459. The number of hydrogen-bond donors (Lipinski definition) is 1. The van der Waals surface area contributed by atoms with E-state index in [0.717, 1.165) is 0 Å². The van der Waals surface area contributed by atoms with Gasteiger partial charge in [0.2, 0.25) is 0 Å². The lowest BCUT2D eigenvalue weighted by Gasteiger charge is -2.11. The molecular formula is C14H12O5S2. The lowest BCUT2D eigenvalue weighted by atomic mass is 10.1. The summed E-state index contributed by atoms with van der Waals surface area (Å²) in [6.45, 7) is 0. The van der Waals surface area contributed by atoms with Crippen molar-refractivity contribution in [2.45, 2.75) is 15.0 Å². The van der Waals surface area contributed by atoms with Crippen LogP contribution in [0.5, 0.6) is 5.75 Å². The molecule has 2 aromatic rings. The van der Waals surface area contributed by atoms with Gasteiger partial charge in [-0.05, 0) is 23.8 Å². The molecule has 1 aliphatic rings. The first-order valence-electron chi connectivity index (χ1n) is 6.17. The SMILES string of the molecule is O=S1(=O)CC(S(=O)(=O)c2ccccc2)c2cccc(O)c21. The second-order valence-electron chi connectivity index (χ2n) is 4.82. The number of phenols is 1. The molecule has 1 heterocycles. The van der Waals surface area contributed by atoms with E-state index in [4.69, 9.17) is 0 Å². The van der Waals surface area contributed by atoms with Crippen LogP contribution < -0.4 is 0 Å². The molecule has 1 N–H and O–H groups in total. The molecule has 0 aliphatic carbocycles. The standard InChI is InChI=1S/C14H12O5S2/c15-12-8-4-7-11-13(9-20(16,17)14(11)12)21(18,19)10-5-2-1-3-6-10/h1-8,13,15H,9H2. The Morgan fingerprint density at radius 1 is 1.00 bits per heavy atom. The molecule has 0 aromatic heterocycles. The van der Waals surface area contributed by atoms with Crippen LogP contribution in [0.4, 0.5) is 0 Å². The van der Waals surface area contributed by atoms with Crippen molar-refractivity contribution in [3.05, 3.63) is 54.1 Å². The third-order valence-electron chi connectivity index (χ3n) is 3.50. The number of hydrogen-bond acceptors (Lipinski definition) is 5. The third kappa shape index (κ3) is 2.13. The fraction of sp³-hybridized carbons (Fsp3) is 0.143. The molecule has 0 spiro atoms. The Labute approximate surface area is 122 Å². The molecule has 1 aliphatic heterocycles. The van der Waals surface area contributed by atoms with E-state index < -0.39 is 36.4 Å². The third-order valence-corrected chi connectivity index (χ3v) is 7.65. The molecule has 3 rings (SSSR count). The second-order valence-corrected chi connectivity index (χ2v) is 8.93. The minimum Gasteiger partial charge on any atom is -0.507 e. The van der Waals surface area contributed by atoms with Crippen molar-refractivity contribution in [3.8, 4) is 5.75 Å². The van der Waals surface area contributed by atoms with Crippen LogP contribution in [0.25, 0.3) is 0 Å². The van der Waals surface area contributed by atoms with Crippen LogP contribution in [0.15, 0.2) is 58.3 Å². The number of phenolic OH excluding ortho intramolecular Hbond substituents is 1. The first-order chi connectivity index (χ1) is 9.84. The summed E-state index contributed by atoms with van der Waals surface area (Å²) in [6, 6.07) is 11.8. The van der Waals surface area contributed by atoms with E-state index in [2.05, 4.69) is 0 Å². The van der Waals surface area contributed by atoms with Crippen molar-refractivity contribution < 1.29 is 21.9 Å². The summed E-state index contributed by atoms with van der Waals surface area (Å²) in [5, 5.41) is 8.56. The Bertz CT molecular complexity index is 900. The lowest BCUT2D eigenvalue weighted by Crippen LogP contribution is -2.15. The number of benzene rings is 2. The summed E-state index contributed by atoms with van der Waals surface area (Å²) in [6.07, 6.45) is 0. The Kier molecular flexibility index (Phi) is 3.07. The van der Waals surface area contributed by atoms with Gasteiger partial charge in [0.05, 0.1) is 10.6 Å². The first kappa shape index (κ1) is 14.1. The van der Waals surface area contributed by atoms with Crippen molar-refractivity contribution in [2.24, 2.45) is 0 Å². The Morgan fingerprint density at radius 2 is 1.67 bits per heavy atom. The summed E-state index contributed by atoms with van der Waals surface area (Å²) < 4.78 is 49.6. The van der Waals surface area contributed by atoms with Gasteiger partial charge >= 0.3 is 0 Å². The van der Waals surface area contributed by atoms with Gasteiger partial charge in [0.25, 0.3) is 0 Å². The van der Waals surface area contributed by atoms with Crippen molar-refractivity contribution in [3.63, 3.8) is 0 Å². The topological polar surface area (TPSA) is 88.5 Å². The molecule has 2 aromatic carbocycles. The zero-order chi connectivity index (χ0) is 15.3. The van der Waals surface area contributed by atoms with Gasteiger partial charge in [0, 0.05) is 0 Å². The molecule has 5 nitrogen and oxygen atoms in total. The van der Waals surface area contributed by atoms with E-state index in [0.29, 0.717) is 0 Å². The van der Waals surface area contributed by atoms with Gasteiger partial charge in [-0.2, -0.15) is 0 Å². The van der Waals surface area contributed by atoms with E-state index >= 15 is 0 Å². The van der Waals surface area contributed by atoms with Crippen molar-refractivity contribution in [1.82, 2.24) is 0 Å². The van der Waals surface area contributed by atoms with E-state index in [1.54, 1.807) is 18.2 Å². The fourth-order valence-corrected chi connectivity index (χ4v) is 6.96. The molecular weight excluding hydrogens is 312 g/mol. The van der Waals surface area contributed by atoms with E-state index in [1.807, 2.05) is 0 Å². The highest BCUT2D eigenvalue weighted by atomic mass is 32.2. The minimum absolute atomic E-state index is 0.0707. The van der Waals surface area contributed by atoms with Crippen molar-refractivity contribution in [2.75, 3.05) is 5.75 Å². The average Bonchev–Trinajstić information content (AvgIpc) is 2.73. The van der Waals surface area contributed by atoms with Crippen LogP contribution in [0, 0.1) is 0 Å². The summed E-state index contributed by atoms with van der Waals surface area (Å²) in [4.78, 5) is -0.198. The fourth-order valence-electron chi connectivity index (χ4n) is 2.54. The van der Waals surface area contributed by atoms with E-state index in [1.165, 1.54) is 30.3 Å². The zero-order valence-electron chi connectivity index (χ0n) is 10.8. The predicted molar refractivity (Wildman–Crippen MR) is 76.5 cm³/mol. The second kappa shape index (κ2) is 4.57. The van der Waals surface area contributed by atoms with Gasteiger partial charge in [-0.25, -0.2) is 16.8 Å². The van der Waals surface area contributed by atoms with E-state index in [-0.39, 0.29) is 15.4 Å². The molecule has 0 saturated carbocycles. The molecule has 1 unspecified atom stereocenters. The molecule has 0 amide bonds. The minimum atomic E-state index is -3.83. The van der Waals surface area contributed by atoms with Crippen molar-refractivity contribution >= 4 is 19.7 Å². The molecule has 0 radical (unpaired) electrons. The number of rotatable bonds is 2. The van der Waals surface area contributed by atoms with Crippen LogP contribution in [-0.2, 0) is 19.7 Å². The predicted octanol–water partition coefficient (Wildman–Crippen LogP) is 1.69. The number of sulfone groups is 2. The number of fused-ring (bicyclic) bond motifs is 1. The highest BCUT2D eigenvalue weighted by Gasteiger charge is 2.44. The Balaban J connectivity index is 2.23. The molecule has 110 valence electrons. The molecule has 1 atom stereocenters. The largest absolute Gasteiger partial charge is 0.507 e. The van der Waals surface area contributed by atoms with Gasteiger partial charge in [0.15, 0.2) is 19.7 Å². The summed E-state index contributed by atoms with van der Waals surface area (Å²) in [7, 11) is -7.64. The summed E-state index contributed by atoms with van der Waals surface area (Å²) in [5.41, 5.74) is 0.138. The zero-order valence-corrected chi connectivity index (χ0v) is 12.4. The van der Waals surface area contributed by atoms with Gasteiger partial charge in [0.1, 0.15) is 15.9 Å². The molecule has 0 fully saturated rings. The van der Waals surface area contributed by atoms with Crippen LogP contribution in [0.3, 0.4) is 0 Å². The summed E-state index contributed by atoms with van der Waals surface area (Å²) >= 11 is 0. The van der Waals surface area contributed by atoms with Gasteiger partial charge < -0.3 is 5.11 Å². The van der Waals surface area contributed by atoms with Crippen LogP contribution >= 0.6 is 0 Å². The van der Waals surface area contributed by atoms with Gasteiger partial charge in [-0.15, -0.1) is 0 Å². The Morgan fingerprint density at radius 3 is 2.33 bits per heavy atom. The average molecular weight is 324 g/mol. The normalized spacial score (nSPS) is 20.1. The Hall–Kier alpha value is -1.86. The van der Waals surface area contributed by atoms with Gasteiger partial charge in [-0.1, -0.05) is 30.3 Å². The molecule has 21 heavy (non-hydrogen) atoms. The maximum atomic E-state index is 12.7. The molecule has 0 saturated heterocycles. The quantitative estimate of drug-likeness (QED) is 0.908. The van der Waals surface area contributed by atoms with Crippen LogP contribution in [-0.4, -0.2) is 27.7 Å². The molecule has 7 heteroatoms. The maximum absolute atomic E-state index is 12.7.